The molecule has 0 radical (unpaired) electrons. The standard InChI is InChI=1S/C12H12ClN3OS/c1-8-15-10(7-18-8)6-16(2)12(17)11-5-9(13)3-4-14-11/h3-5,7H,6H2,1-2H3. The number of pyridine rings is 1. The molecule has 4 nitrogen and oxygen atoms in total. The second kappa shape index (κ2) is 5.46. The third-order valence-corrected chi connectivity index (χ3v) is 3.41. The first kappa shape index (κ1) is 13.0. The van der Waals surface area contributed by atoms with E-state index in [4.69, 9.17) is 11.6 Å². The number of nitrogens with zero attached hydrogens (tertiary/aromatic N) is 3. The lowest BCUT2D eigenvalue weighted by Gasteiger charge is -2.15. The van der Waals surface area contributed by atoms with Gasteiger partial charge < -0.3 is 4.90 Å². The summed E-state index contributed by atoms with van der Waals surface area (Å²) in [6, 6.07) is 3.20. The molecule has 0 spiro atoms. The summed E-state index contributed by atoms with van der Waals surface area (Å²) in [5, 5.41) is 3.45. The van der Waals surface area contributed by atoms with Gasteiger partial charge in [0.1, 0.15) is 5.69 Å². The summed E-state index contributed by atoms with van der Waals surface area (Å²) in [5.41, 5.74) is 1.23. The summed E-state index contributed by atoms with van der Waals surface area (Å²) in [5.74, 6) is -0.164. The molecule has 2 aromatic rings. The molecular weight excluding hydrogens is 270 g/mol. The molecule has 0 aliphatic heterocycles. The van der Waals surface area contributed by atoms with Crippen LogP contribution < -0.4 is 0 Å². The van der Waals surface area contributed by atoms with Crippen LogP contribution in [0.3, 0.4) is 0 Å². The highest BCUT2D eigenvalue weighted by atomic mass is 35.5. The largest absolute Gasteiger partial charge is 0.334 e. The SMILES string of the molecule is Cc1nc(CN(C)C(=O)c2cc(Cl)ccn2)cs1. The zero-order valence-corrected chi connectivity index (χ0v) is 11.6. The van der Waals surface area contributed by atoms with E-state index in [2.05, 4.69) is 9.97 Å². The zero-order valence-electron chi connectivity index (χ0n) is 10.1. The Morgan fingerprint density at radius 3 is 2.94 bits per heavy atom. The molecule has 0 aliphatic carbocycles. The van der Waals surface area contributed by atoms with Gasteiger partial charge in [-0.15, -0.1) is 11.3 Å². The summed E-state index contributed by atoms with van der Waals surface area (Å²) >= 11 is 7.41. The maximum absolute atomic E-state index is 12.1. The number of amides is 1. The minimum absolute atomic E-state index is 0.164. The van der Waals surface area contributed by atoms with E-state index in [1.54, 1.807) is 35.4 Å². The van der Waals surface area contributed by atoms with Crippen LogP contribution in [-0.2, 0) is 6.54 Å². The van der Waals surface area contributed by atoms with Crippen LogP contribution >= 0.6 is 22.9 Å². The lowest BCUT2D eigenvalue weighted by Crippen LogP contribution is -2.27. The number of hydrogen-bond acceptors (Lipinski definition) is 4. The van der Waals surface area contributed by atoms with E-state index in [1.165, 1.54) is 6.20 Å². The number of rotatable bonds is 3. The number of aromatic nitrogens is 2. The van der Waals surface area contributed by atoms with Gasteiger partial charge in [-0.3, -0.25) is 9.78 Å². The molecule has 0 saturated carbocycles. The number of hydrogen-bond donors (Lipinski definition) is 0. The molecule has 6 heteroatoms. The van der Waals surface area contributed by atoms with Gasteiger partial charge in [0.2, 0.25) is 0 Å². The van der Waals surface area contributed by atoms with E-state index in [1.807, 2.05) is 12.3 Å². The third-order valence-electron chi connectivity index (χ3n) is 2.35. The van der Waals surface area contributed by atoms with Crippen molar-refractivity contribution in [2.24, 2.45) is 0 Å². The third kappa shape index (κ3) is 3.05. The van der Waals surface area contributed by atoms with E-state index in [-0.39, 0.29) is 5.91 Å². The summed E-state index contributed by atoms with van der Waals surface area (Å²) in [7, 11) is 1.72. The molecule has 0 N–H and O–H groups in total. The maximum Gasteiger partial charge on any atom is 0.272 e. The van der Waals surface area contributed by atoms with E-state index in [9.17, 15) is 4.79 Å². The van der Waals surface area contributed by atoms with Crippen molar-refractivity contribution in [3.8, 4) is 0 Å². The predicted octanol–water partition coefficient (Wildman–Crippen LogP) is 2.77. The normalized spacial score (nSPS) is 10.4. The molecule has 0 atom stereocenters. The average Bonchev–Trinajstić information content (AvgIpc) is 2.73. The van der Waals surface area contributed by atoms with Gasteiger partial charge in [0.05, 0.1) is 17.2 Å². The first-order valence-electron chi connectivity index (χ1n) is 5.34. The van der Waals surface area contributed by atoms with Crippen LogP contribution in [0.2, 0.25) is 5.02 Å². The number of thiazole rings is 1. The molecule has 0 fully saturated rings. The summed E-state index contributed by atoms with van der Waals surface area (Å²) in [6.45, 7) is 2.41. The quantitative estimate of drug-likeness (QED) is 0.869. The Balaban J connectivity index is 2.09. The van der Waals surface area contributed by atoms with Crippen LogP contribution in [0.15, 0.2) is 23.7 Å². The summed E-state index contributed by atoms with van der Waals surface area (Å²) in [6.07, 6.45) is 1.52. The average molecular weight is 282 g/mol. The van der Waals surface area contributed by atoms with Crippen molar-refractivity contribution in [1.29, 1.82) is 0 Å². The molecule has 2 aromatic heterocycles. The molecule has 2 rings (SSSR count). The minimum atomic E-state index is -0.164. The van der Waals surface area contributed by atoms with Crippen molar-refractivity contribution in [2.75, 3.05) is 7.05 Å². The van der Waals surface area contributed by atoms with E-state index in [0.717, 1.165) is 10.7 Å². The summed E-state index contributed by atoms with van der Waals surface area (Å²) < 4.78 is 0. The van der Waals surface area contributed by atoms with Crippen LogP contribution in [-0.4, -0.2) is 27.8 Å². The van der Waals surface area contributed by atoms with Crippen molar-refractivity contribution >= 4 is 28.8 Å². The van der Waals surface area contributed by atoms with Gasteiger partial charge in [-0.05, 0) is 19.1 Å². The van der Waals surface area contributed by atoms with Crippen molar-refractivity contribution in [2.45, 2.75) is 13.5 Å². The molecule has 0 aromatic carbocycles. The Kier molecular flexibility index (Phi) is 3.93. The molecular formula is C12H12ClN3OS. The number of carbonyl (C=O) groups is 1. The molecule has 0 aliphatic rings. The molecule has 0 bridgehead atoms. The molecule has 0 saturated heterocycles. The highest BCUT2D eigenvalue weighted by Crippen LogP contribution is 2.13. The second-order valence-electron chi connectivity index (χ2n) is 3.88. The van der Waals surface area contributed by atoms with Crippen LogP contribution in [0.1, 0.15) is 21.2 Å². The van der Waals surface area contributed by atoms with E-state index in [0.29, 0.717) is 17.3 Å². The Morgan fingerprint density at radius 2 is 2.33 bits per heavy atom. The fourth-order valence-corrected chi connectivity index (χ4v) is 2.28. The molecule has 1 amide bonds. The number of halogens is 1. The number of carbonyl (C=O) groups excluding carboxylic acids is 1. The van der Waals surface area contributed by atoms with Crippen LogP contribution in [0, 0.1) is 6.92 Å². The van der Waals surface area contributed by atoms with Crippen LogP contribution in [0.4, 0.5) is 0 Å². The van der Waals surface area contributed by atoms with Gasteiger partial charge in [0, 0.05) is 23.6 Å². The van der Waals surface area contributed by atoms with Gasteiger partial charge >= 0.3 is 0 Å². The predicted molar refractivity (Wildman–Crippen MR) is 71.9 cm³/mol. The fourth-order valence-electron chi connectivity index (χ4n) is 1.51. The van der Waals surface area contributed by atoms with Crippen molar-refractivity contribution in [1.82, 2.24) is 14.9 Å². The van der Waals surface area contributed by atoms with Crippen molar-refractivity contribution < 1.29 is 4.79 Å². The zero-order chi connectivity index (χ0) is 13.1. The maximum atomic E-state index is 12.1. The molecule has 0 unspecified atom stereocenters. The smallest absolute Gasteiger partial charge is 0.272 e. The van der Waals surface area contributed by atoms with Gasteiger partial charge in [0.15, 0.2) is 0 Å². The fraction of sp³-hybridized carbons (Fsp3) is 0.250. The van der Waals surface area contributed by atoms with Gasteiger partial charge in [0.25, 0.3) is 5.91 Å². The Bertz CT molecular complexity index is 570. The van der Waals surface area contributed by atoms with E-state index < -0.39 is 0 Å². The summed E-state index contributed by atoms with van der Waals surface area (Å²) in [4.78, 5) is 22.0. The van der Waals surface area contributed by atoms with Gasteiger partial charge in [-0.25, -0.2) is 4.98 Å². The Labute approximate surface area is 114 Å². The van der Waals surface area contributed by atoms with Crippen molar-refractivity contribution in [3.05, 3.63) is 45.1 Å². The van der Waals surface area contributed by atoms with E-state index >= 15 is 0 Å². The monoisotopic (exact) mass is 281 g/mol. The molecule has 94 valence electrons. The first-order chi connectivity index (χ1) is 8.56. The van der Waals surface area contributed by atoms with Gasteiger partial charge in [-0.2, -0.15) is 0 Å². The Hall–Kier alpha value is -1.46. The second-order valence-corrected chi connectivity index (χ2v) is 5.38. The molecule has 18 heavy (non-hydrogen) atoms. The highest BCUT2D eigenvalue weighted by Gasteiger charge is 2.14. The number of aryl methyl sites for hydroxylation is 1. The van der Waals surface area contributed by atoms with Gasteiger partial charge in [-0.1, -0.05) is 11.6 Å². The lowest BCUT2D eigenvalue weighted by atomic mass is 10.3. The molecule has 2 heterocycles. The first-order valence-corrected chi connectivity index (χ1v) is 6.60. The van der Waals surface area contributed by atoms with Crippen LogP contribution in [0.25, 0.3) is 0 Å². The Morgan fingerprint density at radius 1 is 1.56 bits per heavy atom. The topological polar surface area (TPSA) is 46.1 Å². The van der Waals surface area contributed by atoms with Crippen molar-refractivity contribution in [3.63, 3.8) is 0 Å². The highest BCUT2D eigenvalue weighted by molar-refractivity contribution is 7.09. The van der Waals surface area contributed by atoms with Crippen LogP contribution in [0.5, 0.6) is 0 Å². The lowest BCUT2D eigenvalue weighted by molar-refractivity contribution is 0.0778. The minimum Gasteiger partial charge on any atom is -0.334 e.